The Hall–Kier alpha value is -3.13. The van der Waals surface area contributed by atoms with E-state index in [2.05, 4.69) is 12.0 Å². The summed E-state index contributed by atoms with van der Waals surface area (Å²) in [6.07, 6.45) is 6.31. The number of ether oxygens (including phenoxy) is 1. The topological polar surface area (TPSA) is 98.5 Å². The van der Waals surface area contributed by atoms with Gasteiger partial charge < -0.3 is 9.84 Å². The Morgan fingerprint density at radius 2 is 1.91 bits per heavy atom. The van der Waals surface area contributed by atoms with Gasteiger partial charge in [-0.3, -0.25) is 9.48 Å². The molecule has 1 aliphatic rings. The lowest BCUT2D eigenvalue weighted by Crippen LogP contribution is -2.16. The fourth-order valence-electron chi connectivity index (χ4n) is 3.80. The summed E-state index contributed by atoms with van der Waals surface area (Å²) in [5.74, 6) is 0.482. The molecule has 0 spiro atoms. The first kappa shape index (κ1) is 23.5. The number of carboxylic acids is 1. The Kier molecular flexibility index (Phi) is 7.35. The van der Waals surface area contributed by atoms with Crippen LogP contribution in [0.5, 0.6) is 5.75 Å². The van der Waals surface area contributed by atoms with Crippen molar-refractivity contribution in [2.45, 2.75) is 43.5 Å². The molecule has 7 nitrogen and oxygen atoms in total. The van der Waals surface area contributed by atoms with Crippen LogP contribution in [0.3, 0.4) is 0 Å². The van der Waals surface area contributed by atoms with E-state index in [-0.39, 0.29) is 6.54 Å². The number of aliphatic carboxylic acids is 1. The van der Waals surface area contributed by atoms with Crippen molar-refractivity contribution in [2.75, 3.05) is 13.4 Å². The van der Waals surface area contributed by atoms with Gasteiger partial charge in [0.25, 0.3) is 0 Å². The average Bonchev–Trinajstić information content (AvgIpc) is 3.17. The number of hydrogen-bond acceptors (Lipinski definition) is 5. The van der Waals surface area contributed by atoms with Crippen molar-refractivity contribution in [1.82, 2.24) is 9.78 Å². The van der Waals surface area contributed by atoms with Gasteiger partial charge in [-0.15, -0.1) is 0 Å². The second-order valence-electron chi connectivity index (χ2n) is 7.92. The second-order valence-corrected chi connectivity index (χ2v) is 9.94. The number of nitrogens with zero attached hydrogens (tertiary/aromatic N) is 2. The Morgan fingerprint density at radius 1 is 1.19 bits per heavy atom. The van der Waals surface area contributed by atoms with E-state index in [9.17, 15) is 13.2 Å². The first-order valence-electron chi connectivity index (χ1n) is 10.4. The monoisotopic (exact) mass is 456 g/mol. The summed E-state index contributed by atoms with van der Waals surface area (Å²) >= 11 is 0. The number of carboxylic acid groups (broad SMARTS) is 1. The van der Waals surface area contributed by atoms with E-state index < -0.39 is 15.8 Å². The van der Waals surface area contributed by atoms with Crippen LogP contribution in [-0.4, -0.2) is 42.6 Å². The molecular formula is C24H28N2O5S. The SMILES string of the molecule is CC1CCCc2c1cnn2CC(=O)O.COc1cccc(-c2ccc(S(C)(=O)=O)cc2)c1. The Balaban J connectivity index is 0.000000186. The van der Waals surface area contributed by atoms with Crippen molar-refractivity contribution in [3.05, 3.63) is 66.0 Å². The van der Waals surface area contributed by atoms with Gasteiger partial charge in [-0.2, -0.15) is 5.10 Å². The van der Waals surface area contributed by atoms with Crippen LogP contribution in [-0.2, 0) is 27.6 Å². The molecule has 0 bridgehead atoms. The summed E-state index contributed by atoms with van der Waals surface area (Å²) < 4.78 is 29.5. The molecule has 1 aliphatic carbocycles. The highest BCUT2D eigenvalue weighted by molar-refractivity contribution is 7.90. The summed E-state index contributed by atoms with van der Waals surface area (Å²) in [5.41, 5.74) is 4.30. The zero-order chi connectivity index (χ0) is 23.3. The maximum absolute atomic E-state index is 11.4. The van der Waals surface area contributed by atoms with E-state index in [4.69, 9.17) is 9.84 Å². The van der Waals surface area contributed by atoms with Gasteiger partial charge in [0.2, 0.25) is 0 Å². The Morgan fingerprint density at radius 3 is 2.53 bits per heavy atom. The zero-order valence-electron chi connectivity index (χ0n) is 18.5. The molecule has 0 saturated carbocycles. The lowest BCUT2D eigenvalue weighted by molar-refractivity contribution is -0.137. The van der Waals surface area contributed by atoms with Gasteiger partial charge in [0.1, 0.15) is 12.3 Å². The number of carbonyl (C=O) groups is 1. The highest BCUT2D eigenvalue weighted by Crippen LogP contribution is 2.30. The van der Waals surface area contributed by atoms with Crippen molar-refractivity contribution in [2.24, 2.45) is 0 Å². The Bertz CT molecular complexity index is 1180. The molecular weight excluding hydrogens is 428 g/mol. The van der Waals surface area contributed by atoms with Crippen LogP contribution < -0.4 is 4.74 Å². The first-order valence-corrected chi connectivity index (χ1v) is 12.3. The molecule has 0 radical (unpaired) electrons. The molecule has 1 aromatic heterocycles. The van der Waals surface area contributed by atoms with Crippen molar-refractivity contribution in [3.8, 4) is 16.9 Å². The number of benzene rings is 2. The van der Waals surface area contributed by atoms with E-state index >= 15 is 0 Å². The van der Waals surface area contributed by atoms with E-state index in [1.165, 1.54) is 18.2 Å². The molecule has 170 valence electrons. The third-order valence-electron chi connectivity index (χ3n) is 5.53. The van der Waals surface area contributed by atoms with Gasteiger partial charge in [0.15, 0.2) is 9.84 Å². The van der Waals surface area contributed by atoms with Crippen LogP contribution in [0.15, 0.2) is 59.6 Å². The number of methoxy groups -OCH3 is 1. The lowest BCUT2D eigenvalue weighted by Gasteiger charge is -2.18. The summed E-state index contributed by atoms with van der Waals surface area (Å²) in [4.78, 5) is 10.9. The number of fused-ring (bicyclic) bond motifs is 1. The molecule has 1 unspecified atom stereocenters. The fraction of sp³-hybridized carbons (Fsp3) is 0.333. The van der Waals surface area contributed by atoms with Gasteiger partial charge in [-0.05, 0) is 66.1 Å². The molecule has 1 atom stereocenters. The quantitative estimate of drug-likeness (QED) is 0.619. The molecule has 1 N–H and O–H groups in total. The molecule has 1 heterocycles. The van der Waals surface area contributed by atoms with Crippen LogP contribution in [0.1, 0.15) is 36.9 Å². The smallest absolute Gasteiger partial charge is 0.325 e. The Labute approximate surface area is 188 Å². The molecule has 3 aromatic rings. The average molecular weight is 457 g/mol. The largest absolute Gasteiger partial charge is 0.497 e. The molecule has 32 heavy (non-hydrogen) atoms. The van der Waals surface area contributed by atoms with E-state index in [0.717, 1.165) is 35.4 Å². The summed E-state index contributed by atoms with van der Waals surface area (Å²) in [5, 5.41) is 12.8. The third kappa shape index (κ3) is 5.76. The number of aromatic nitrogens is 2. The molecule has 0 amide bonds. The number of hydrogen-bond donors (Lipinski definition) is 1. The molecule has 8 heteroatoms. The lowest BCUT2D eigenvalue weighted by atomic mass is 9.89. The highest BCUT2D eigenvalue weighted by Gasteiger charge is 2.21. The van der Waals surface area contributed by atoms with E-state index in [1.54, 1.807) is 36.1 Å². The molecule has 0 fully saturated rings. The van der Waals surface area contributed by atoms with Crippen molar-refractivity contribution in [3.63, 3.8) is 0 Å². The number of sulfone groups is 1. The van der Waals surface area contributed by atoms with Crippen molar-refractivity contribution < 1.29 is 23.1 Å². The first-order chi connectivity index (χ1) is 15.2. The van der Waals surface area contributed by atoms with E-state index in [0.29, 0.717) is 10.8 Å². The zero-order valence-corrected chi connectivity index (χ0v) is 19.3. The summed E-state index contributed by atoms with van der Waals surface area (Å²) in [6.45, 7) is 2.16. The maximum Gasteiger partial charge on any atom is 0.325 e. The predicted octanol–water partition coefficient (Wildman–Crippen LogP) is 4.17. The minimum absolute atomic E-state index is 0.0119. The van der Waals surface area contributed by atoms with Gasteiger partial charge in [0, 0.05) is 11.9 Å². The highest BCUT2D eigenvalue weighted by atomic mass is 32.2. The minimum atomic E-state index is -3.14. The maximum atomic E-state index is 11.4. The van der Waals surface area contributed by atoms with Crippen molar-refractivity contribution >= 4 is 15.8 Å². The van der Waals surface area contributed by atoms with Gasteiger partial charge >= 0.3 is 5.97 Å². The third-order valence-corrected chi connectivity index (χ3v) is 6.66. The summed E-state index contributed by atoms with van der Waals surface area (Å²) in [6, 6.07) is 14.5. The van der Waals surface area contributed by atoms with Crippen molar-refractivity contribution in [1.29, 1.82) is 0 Å². The molecule has 0 saturated heterocycles. The van der Waals surface area contributed by atoms with Crippen LogP contribution in [0.25, 0.3) is 11.1 Å². The van der Waals surface area contributed by atoms with Gasteiger partial charge in [0.05, 0.1) is 18.2 Å². The van der Waals surface area contributed by atoms with Crippen LogP contribution in [0.2, 0.25) is 0 Å². The van der Waals surface area contributed by atoms with Crippen LogP contribution in [0.4, 0.5) is 0 Å². The van der Waals surface area contributed by atoms with Gasteiger partial charge in [-0.1, -0.05) is 31.2 Å². The molecule has 2 aromatic carbocycles. The number of rotatable bonds is 5. The minimum Gasteiger partial charge on any atom is -0.497 e. The van der Waals surface area contributed by atoms with Gasteiger partial charge in [-0.25, -0.2) is 8.42 Å². The van der Waals surface area contributed by atoms with Crippen LogP contribution >= 0.6 is 0 Å². The predicted molar refractivity (Wildman–Crippen MR) is 123 cm³/mol. The van der Waals surface area contributed by atoms with E-state index in [1.807, 2.05) is 30.5 Å². The second kappa shape index (κ2) is 9.99. The van der Waals surface area contributed by atoms with Crippen LogP contribution in [0, 0.1) is 0 Å². The fourth-order valence-corrected chi connectivity index (χ4v) is 4.43. The summed E-state index contributed by atoms with van der Waals surface area (Å²) in [7, 11) is -1.52. The molecule has 0 aliphatic heterocycles. The standard InChI is InChI=1S/C14H14O3S.C10H14N2O2/c1-17-13-5-3-4-12(10-13)11-6-8-14(9-7-11)18(2,15)16;1-7-3-2-4-9-8(7)5-11-12(9)6-10(13)14/h3-10H,1-2H3;5,7H,2-4,6H2,1H3,(H,13,14). The normalized spacial score (nSPS) is 15.3. The molecule has 4 rings (SSSR count).